The summed E-state index contributed by atoms with van der Waals surface area (Å²) >= 11 is 0. The first-order valence-electron chi connectivity index (χ1n) is 6.67. The summed E-state index contributed by atoms with van der Waals surface area (Å²) in [5, 5.41) is 12.0. The summed E-state index contributed by atoms with van der Waals surface area (Å²) in [5.41, 5.74) is 0.664. The number of piperidine rings is 1. The van der Waals surface area contributed by atoms with Gasteiger partial charge in [-0.1, -0.05) is 5.92 Å². The van der Waals surface area contributed by atoms with Gasteiger partial charge in [-0.05, 0) is 38.3 Å². The van der Waals surface area contributed by atoms with Crippen LogP contribution in [0.1, 0.15) is 31.4 Å². The van der Waals surface area contributed by atoms with Crippen molar-refractivity contribution < 1.29 is 9.84 Å². The van der Waals surface area contributed by atoms with Crippen LogP contribution in [0.3, 0.4) is 0 Å². The van der Waals surface area contributed by atoms with E-state index < -0.39 is 0 Å². The van der Waals surface area contributed by atoms with Crippen LogP contribution in [0.25, 0.3) is 0 Å². The molecule has 1 fully saturated rings. The summed E-state index contributed by atoms with van der Waals surface area (Å²) < 4.78 is 5.82. The normalized spacial score (nSPS) is 15.6. The molecule has 2 rings (SSSR count). The molecule has 19 heavy (non-hydrogen) atoms. The van der Waals surface area contributed by atoms with Crippen LogP contribution in [0.5, 0.6) is 5.88 Å². The van der Waals surface area contributed by atoms with E-state index in [1.807, 2.05) is 0 Å². The molecule has 0 radical (unpaired) electrons. The van der Waals surface area contributed by atoms with E-state index in [1.54, 1.807) is 6.07 Å². The maximum atomic E-state index is 8.67. The fourth-order valence-electron chi connectivity index (χ4n) is 1.88. The molecule has 0 aliphatic carbocycles. The van der Waals surface area contributed by atoms with Crippen molar-refractivity contribution in [3.8, 4) is 17.7 Å². The highest BCUT2D eigenvalue weighted by Crippen LogP contribution is 2.13. The summed E-state index contributed by atoms with van der Waals surface area (Å²) in [6, 6.07) is 1.77. The van der Waals surface area contributed by atoms with E-state index in [1.165, 1.54) is 6.33 Å². The van der Waals surface area contributed by atoms with Crippen LogP contribution in [-0.2, 0) is 0 Å². The van der Waals surface area contributed by atoms with Gasteiger partial charge < -0.3 is 15.2 Å². The molecule has 1 saturated heterocycles. The highest BCUT2D eigenvalue weighted by Gasteiger charge is 2.14. The Balaban J connectivity index is 1.91. The van der Waals surface area contributed by atoms with Gasteiger partial charge in [0.2, 0.25) is 5.88 Å². The van der Waals surface area contributed by atoms with Crippen molar-refractivity contribution in [2.45, 2.75) is 31.8 Å². The predicted molar refractivity (Wildman–Crippen MR) is 71.7 cm³/mol. The lowest BCUT2D eigenvalue weighted by atomic mass is 10.1. The summed E-state index contributed by atoms with van der Waals surface area (Å²) in [5.74, 6) is 6.51. The minimum absolute atomic E-state index is 0.169. The minimum Gasteiger partial charge on any atom is -0.474 e. The number of unbranched alkanes of at least 4 members (excludes halogenated alkanes) is 1. The third kappa shape index (κ3) is 4.86. The van der Waals surface area contributed by atoms with Crippen LogP contribution < -0.4 is 10.1 Å². The van der Waals surface area contributed by atoms with Gasteiger partial charge in [0.15, 0.2) is 0 Å². The van der Waals surface area contributed by atoms with E-state index >= 15 is 0 Å². The lowest BCUT2D eigenvalue weighted by Crippen LogP contribution is -2.34. The molecule has 0 unspecified atom stereocenters. The minimum atomic E-state index is 0.169. The van der Waals surface area contributed by atoms with E-state index in [-0.39, 0.29) is 12.7 Å². The van der Waals surface area contributed by atoms with Crippen LogP contribution in [0.4, 0.5) is 0 Å². The third-order valence-corrected chi connectivity index (χ3v) is 2.89. The van der Waals surface area contributed by atoms with E-state index in [4.69, 9.17) is 9.84 Å². The Morgan fingerprint density at radius 2 is 2.21 bits per heavy atom. The Labute approximate surface area is 113 Å². The average molecular weight is 261 g/mol. The molecule has 2 heterocycles. The van der Waals surface area contributed by atoms with Crippen molar-refractivity contribution in [3.05, 3.63) is 18.1 Å². The molecule has 1 aromatic heterocycles. The summed E-state index contributed by atoms with van der Waals surface area (Å²) in [4.78, 5) is 8.21. The molecule has 5 heteroatoms. The Hall–Kier alpha value is -1.64. The number of hydrogen-bond acceptors (Lipinski definition) is 5. The molecular formula is C14H19N3O2. The van der Waals surface area contributed by atoms with Crippen molar-refractivity contribution in [2.75, 3.05) is 19.7 Å². The monoisotopic (exact) mass is 261 g/mol. The first kappa shape index (κ1) is 13.8. The topological polar surface area (TPSA) is 67.3 Å². The zero-order valence-electron chi connectivity index (χ0n) is 10.9. The Morgan fingerprint density at radius 3 is 3.00 bits per heavy atom. The van der Waals surface area contributed by atoms with Crippen LogP contribution >= 0.6 is 0 Å². The van der Waals surface area contributed by atoms with E-state index in [9.17, 15) is 0 Å². The first-order valence-corrected chi connectivity index (χ1v) is 6.67. The van der Waals surface area contributed by atoms with E-state index in [0.29, 0.717) is 24.4 Å². The summed E-state index contributed by atoms with van der Waals surface area (Å²) in [7, 11) is 0. The van der Waals surface area contributed by atoms with Crippen LogP contribution in [0.2, 0.25) is 0 Å². The number of nitrogens with one attached hydrogen (secondary N) is 1. The Kier molecular flexibility index (Phi) is 5.60. The Bertz CT molecular complexity index is 447. The number of aliphatic hydroxyl groups excluding tert-OH is 1. The largest absolute Gasteiger partial charge is 0.474 e. The molecule has 102 valence electrons. The lowest BCUT2D eigenvalue weighted by Gasteiger charge is -2.23. The molecule has 1 aliphatic heterocycles. The van der Waals surface area contributed by atoms with Gasteiger partial charge in [0.25, 0.3) is 0 Å². The molecule has 0 atom stereocenters. The van der Waals surface area contributed by atoms with Gasteiger partial charge in [0, 0.05) is 19.1 Å². The van der Waals surface area contributed by atoms with Crippen LogP contribution in [0, 0.1) is 11.8 Å². The second-order valence-corrected chi connectivity index (χ2v) is 4.44. The fourth-order valence-corrected chi connectivity index (χ4v) is 1.88. The maximum absolute atomic E-state index is 8.67. The molecule has 1 aliphatic rings. The second kappa shape index (κ2) is 7.72. The fraction of sp³-hybridized carbons (Fsp3) is 0.571. The predicted octanol–water partition coefficient (Wildman–Crippen LogP) is 0.731. The number of aromatic nitrogens is 2. The van der Waals surface area contributed by atoms with E-state index in [0.717, 1.165) is 25.9 Å². The van der Waals surface area contributed by atoms with Crippen molar-refractivity contribution in [2.24, 2.45) is 0 Å². The molecule has 1 aromatic rings. The van der Waals surface area contributed by atoms with Crippen molar-refractivity contribution in [3.63, 3.8) is 0 Å². The van der Waals surface area contributed by atoms with Gasteiger partial charge in [0.05, 0.1) is 0 Å². The van der Waals surface area contributed by atoms with Crippen molar-refractivity contribution >= 4 is 0 Å². The number of nitrogens with zero attached hydrogens (tertiary/aromatic N) is 2. The van der Waals surface area contributed by atoms with Gasteiger partial charge in [-0.3, -0.25) is 0 Å². The third-order valence-electron chi connectivity index (χ3n) is 2.89. The first-order chi connectivity index (χ1) is 9.38. The molecule has 0 saturated carbocycles. The Morgan fingerprint density at radius 1 is 1.37 bits per heavy atom. The average Bonchev–Trinajstić information content (AvgIpc) is 2.45. The molecule has 0 spiro atoms. The van der Waals surface area contributed by atoms with Gasteiger partial charge >= 0.3 is 0 Å². The van der Waals surface area contributed by atoms with Crippen molar-refractivity contribution in [1.82, 2.24) is 15.3 Å². The lowest BCUT2D eigenvalue weighted by molar-refractivity contribution is 0.155. The van der Waals surface area contributed by atoms with Gasteiger partial charge in [-0.15, -0.1) is 0 Å². The number of rotatable bonds is 4. The molecule has 0 amide bonds. The number of hydrogen-bond donors (Lipinski definition) is 2. The van der Waals surface area contributed by atoms with Gasteiger partial charge in [-0.2, -0.15) is 0 Å². The molecule has 0 aromatic carbocycles. The van der Waals surface area contributed by atoms with Crippen LogP contribution in [0.15, 0.2) is 12.4 Å². The smallest absolute Gasteiger partial charge is 0.217 e. The number of ether oxygens (including phenoxy) is 1. The summed E-state index contributed by atoms with van der Waals surface area (Å²) in [6.07, 6.45) is 5.07. The summed E-state index contributed by atoms with van der Waals surface area (Å²) in [6.45, 7) is 2.15. The van der Waals surface area contributed by atoms with Crippen LogP contribution in [-0.4, -0.2) is 40.9 Å². The van der Waals surface area contributed by atoms with Gasteiger partial charge in [-0.25, -0.2) is 9.97 Å². The zero-order chi connectivity index (χ0) is 13.3. The number of aliphatic hydroxyl groups is 1. The molecule has 0 bridgehead atoms. The second-order valence-electron chi connectivity index (χ2n) is 4.44. The zero-order valence-corrected chi connectivity index (χ0v) is 10.9. The van der Waals surface area contributed by atoms with E-state index in [2.05, 4.69) is 27.1 Å². The molecule has 5 nitrogen and oxygen atoms in total. The molecular weight excluding hydrogens is 242 g/mol. The van der Waals surface area contributed by atoms with Crippen molar-refractivity contribution in [1.29, 1.82) is 0 Å². The maximum Gasteiger partial charge on any atom is 0.217 e. The highest BCUT2D eigenvalue weighted by atomic mass is 16.5. The molecule has 2 N–H and O–H groups in total. The van der Waals surface area contributed by atoms with Gasteiger partial charge in [0.1, 0.15) is 18.1 Å². The quantitative estimate of drug-likeness (QED) is 0.618. The standard InChI is InChI=1S/C14H19N3O2/c18-9-3-1-2-4-12-10-14(17-11-16-12)19-13-5-7-15-8-6-13/h10-11,13,15,18H,1,3,5-9H2. The highest BCUT2D eigenvalue weighted by molar-refractivity contribution is 5.30. The SMILES string of the molecule is OCCCC#Cc1cc(OC2CCNCC2)ncn1.